The first-order chi connectivity index (χ1) is 8.66. The van der Waals surface area contributed by atoms with Crippen LogP contribution >= 0.6 is 15.9 Å². The summed E-state index contributed by atoms with van der Waals surface area (Å²) >= 11 is 3.16. The summed E-state index contributed by atoms with van der Waals surface area (Å²) in [6, 6.07) is 9.30. The highest BCUT2D eigenvalue weighted by molar-refractivity contribution is 9.10. The summed E-state index contributed by atoms with van der Waals surface area (Å²) in [7, 11) is 0. The minimum absolute atomic E-state index is 0.253. The van der Waals surface area contributed by atoms with Gasteiger partial charge in [-0.2, -0.15) is 0 Å². The van der Waals surface area contributed by atoms with Crippen LogP contribution in [0.3, 0.4) is 0 Å². The number of hydrogen-bond acceptors (Lipinski definition) is 1. The fourth-order valence-electron chi connectivity index (χ4n) is 1.81. The van der Waals surface area contributed by atoms with Crippen LogP contribution in [0.4, 0.5) is 8.78 Å². The van der Waals surface area contributed by atoms with Crippen molar-refractivity contribution in [3.63, 3.8) is 0 Å². The molecule has 0 radical (unpaired) electrons. The summed E-state index contributed by atoms with van der Waals surface area (Å²) in [6.45, 7) is 0. The second-order valence-corrected chi connectivity index (χ2v) is 4.62. The van der Waals surface area contributed by atoms with Crippen molar-refractivity contribution in [1.82, 2.24) is 9.97 Å². The van der Waals surface area contributed by atoms with Gasteiger partial charge in [-0.15, -0.1) is 0 Å². The molecule has 2 aromatic carbocycles. The highest BCUT2D eigenvalue weighted by Crippen LogP contribution is 2.30. The van der Waals surface area contributed by atoms with E-state index < -0.39 is 5.82 Å². The van der Waals surface area contributed by atoms with Crippen molar-refractivity contribution < 1.29 is 8.78 Å². The Morgan fingerprint density at radius 3 is 2.50 bits per heavy atom. The van der Waals surface area contributed by atoms with Crippen molar-refractivity contribution in [2.45, 2.75) is 0 Å². The van der Waals surface area contributed by atoms with E-state index in [9.17, 15) is 8.78 Å². The number of hydrogen-bond donors (Lipinski definition) is 1. The predicted molar refractivity (Wildman–Crippen MR) is 69.1 cm³/mol. The maximum absolute atomic E-state index is 13.5. The van der Waals surface area contributed by atoms with E-state index in [1.807, 2.05) is 0 Å². The number of aromatic nitrogens is 2. The summed E-state index contributed by atoms with van der Waals surface area (Å²) in [4.78, 5) is 7.13. The highest BCUT2D eigenvalue weighted by Gasteiger charge is 2.13. The number of halogens is 3. The van der Waals surface area contributed by atoms with E-state index in [1.54, 1.807) is 24.3 Å². The van der Waals surface area contributed by atoms with Crippen molar-refractivity contribution >= 4 is 27.0 Å². The van der Waals surface area contributed by atoms with Crippen molar-refractivity contribution in [1.29, 1.82) is 0 Å². The van der Waals surface area contributed by atoms with Crippen LogP contribution in [-0.4, -0.2) is 9.97 Å². The van der Waals surface area contributed by atoms with E-state index in [0.29, 0.717) is 21.4 Å². The van der Waals surface area contributed by atoms with Crippen molar-refractivity contribution in [2.24, 2.45) is 0 Å². The Morgan fingerprint density at radius 1 is 1.00 bits per heavy atom. The standard InChI is InChI=1S/C13H7BrF2N2/c14-11-7(3-1-4-8(11)15)13-17-10-6-2-5-9(16)12(10)18-13/h1-6H,(H,17,18). The molecule has 0 saturated carbocycles. The molecule has 0 atom stereocenters. The van der Waals surface area contributed by atoms with Gasteiger partial charge in [-0.3, -0.25) is 0 Å². The van der Waals surface area contributed by atoms with Gasteiger partial charge >= 0.3 is 0 Å². The number of imidazole rings is 1. The molecular formula is C13H7BrF2N2. The fraction of sp³-hybridized carbons (Fsp3) is 0. The predicted octanol–water partition coefficient (Wildman–Crippen LogP) is 4.27. The van der Waals surface area contributed by atoms with Crippen LogP contribution in [0.25, 0.3) is 22.4 Å². The number of aromatic amines is 1. The maximum Gasteiger partial charge on any atom is 0.151 e. The number of nitrogens with one attached hydrogen (secondary N) is 1. The summed E-state index contributed by atoms with van der Waals surface area (Å²) in [5.41, 5.74) is 1.40. The third-order valence-corrected chi connectivity index (χ3v) is 3.48. The molecule has 3 rings (SSSR count). The topological polar surface area (TPSA) is 28.7 Å². The average molecular weight is 309 g/mol. The smallest absolute Gasteiger partial charge is 0.151 e. The molecule has 0 aliphatic heterocycles. The Kier molecular flexibility index (Phi) is 2.63. The lowest BCUT2D eigenvalue weighted by molar-refractivity contribution is 0.621. The fourth-order valence-corrected chi connectivity index (χ4v) is 2.26. The van der Waals surface area contributed by atoms with Crippen molar-refractivity contribution in [3.05, 3.63) is 52.5 Å². The molecule has 2 nitrogen and oxygen atoms in total. The minimum Gasteiger partial charge on any atom is -0.338 e. The van der Waals surface area contributed by atoms with Crippen LogP contribution in [0.1, 0.15) is 0 Å². The number of para-hydroxylation sites is 1. The second-order valence-electron chi connectivity index (χ2n) is 3.82. The molecule has 1 aromatic heterocycles. The Balaban J connectivity index is 2.26. The molecule has 18 heavy (non-hydrogen) atoms. The van der Waals surface area contributed by atoms with Gasteiger partial charge in [0.05, 0.1) is 9.99 Å². The van der Waals surface area contributed by atoms with Crippen molar-refractivity contribution in [3.8, 4) is 11.4 Å². The van der Waals surface area contributed by atoms with Gasteiger partial charge in [0.1, 0.15) is 17.2 Å². The van der Waals surface area contributed by atoms with E-state index in [-0.39, 0.29) is 11.3 Å². The summed E-state index contributed by atoms with van der Waals surface area (Å²) < 4.78 is 27.3. The lowest BCUT2D eigenvalue weighted by Gasteiger charge is -2.00. The van der Waals surface area contributed by atoms with Gasteiger partial charge in [0, 0.05) is 5.56 Å². The molecule has 5 heteroatoms. The van der Waals surface area contributed by atoms with Crippen LogP contribution in [0.2, 0.25) is 0 Å². The number of nitrogens with zero attached hydrogens (tertiary/aromatic N) is 1. The average Bonchev–Trinajstić information content (AvgIpc) is 2.78. The van der Waals surface area contributed by atoms with E-state index >= 15 is 0 Å². The SMILES string of the molecule is Fc1cccc(-c2nc3c(F)cccc3[nH]2)c1Br. The van der Waals surface area contributed by atoms with E-state index in [1.165, 1.54) is 12.1 Å². The first-order valence-corrected chi connectivity index (χ1v) is 6.05. The Labute approximate surface area is 110 Å². The first kappa shape index (κ1) is 11.3. The largest absolute Gasteiger partial charge is 0.338 e. The minimum atomic E-state index is -0.400. The molecule has 0 bridgehead atoms. The third-order valence-electron chi connectivity index (χ3n) is 2.67. The molecule has 0 spiro atoms. The van der Waals surface area contributed by atoms with Gasteiger partial charge in [-0.1, -0.05) is 12.1 Å². The Hall–Kier alpha value is -1.75. The summed E-state index contributed by atoms with van der Waals surface area (Å²) in [5, 5.41) is 0. The quantitative estimate of drug-likeness (QED) is 0.714. The van der Waals surface area contributed by atoms with Gasteiger partial charge in [-0.25, -0.2) is 13.8 Å². The summed E-state index contributed by atoms with van der Waals surface area (Å²) in [5.74, 6) is -0.350. The van der Waals surface area contributed by atoms with Crippen LogP contribution < -0.4 is 0 Å². The lowest BCUT2D eigenvalue weighted by Crippen LogP contribution is -1.85. The second kappa shape index (κ2) is 4.17. The van der Waals surface area contributed by atoms with E-state index in [2.05, 4.69) is 25.9 Å². The zero-order chi connectivity index (χ0) is 12.7. The zero-order valence-corrected chi connectivity index (χ0v) is 10.6. The van der Waals surface area contributed by atoms with Gasteiger partial charge in [0.25, 0.3) is 0 Å². The maximum atomic E-state index is 13.5. The van der Waals surface area contributed by atoms with Crippen LogP contribution in [0.15, 0.2) is 40.9 Å². The van der Waals surface area contributed by atoms with Crippen molar-refractivity contribution in [2.75, 3.05) is 0 Å². The first-order valence-electron chi connectivity index (χ1n) is 5.25. The van der Waals surface area contributed by atoms with Gasteiger partial charge in [0.15, 0.2) is 5.82 Å². The van der Waals surface area contributed by atoms with Crippen LogP contribution in [0.5, 0.6) is 0 Å². The van der Waals surface area contributed by atoms with Crippen LogP contribution in [-0.2, 0) is 0 Å². The van der Waals surface area contributed by atoms with Gasteiger partial charge in [0.2, 0.25) is 0 Å². The highest BCUT2D eigenvalue weighted by atomic mass is 79.9. The molecule has 0 amide bonds. The molecule has 0 aliphatic carbocycles. The number of benzene rings is 2. The molecule has 0 fully saturated rings. The molecule has 1 N–H and O–H groups in total. The van der Waals surface area contributed by atoms with Crippen LogP contribution in [0, 0.1) is 11.6 Å². The number of rotatable bonds is 1. The zero-order valence-electron chi connectivity index (χ0n) is 9.05. The molecule has 0 saturated heterocycles. The molecule has 1 heterocycles. The molecule has 0 aliphatic rings. The lowest BCUT2D eigenvalue weighted by atomic mass is 10.2. The number of fused-ring (bicyclic) bond motifs is 1. The monoisotopic (exact) mass is 308 g/mol. The molecule has 3 aromatic rings. The van der Waals surface area contributed by atoms with E-state index in [0.717, 1.165) is 0 Å². The summed E-state index contributed by atoms with van der Waals surface area (Å²) in [6.07, 6.45) is 0. The normalized spacial score (nSPS) is 11.1. The van der Waals surface area contributed by atoms with Gasteiger partial charge < -0.3 is 4.98 Å². The third kappa shape index (κ3) is 1.71. The van der Waals surface area contributed by atoms with E-state index in [4.69, 9.17) is 0 Å². The Morgan fingerprint density at radius 2 is 1.72 bits per heavy atom. The number of H-pyrrole nitrogens is 1. The molecule has 0 unspecified atom stereocenters. The Bertz CT molecular complexity index is 737. The molecule has 90 valence electrons. The molecular weight excluding hydrogens is 302 g/mol. The van der Waals surface area contributed by atoms with Gasteiger partial charge in [-0.05, 0) is 40.2 Å².